The standard InChI is InChI=1S/C19H27FN2O4/c1-18(2,3)26-16(23)21(5)19(4)13-22(11-15(19)20)17(24)25-12-14-9-7-6-8-10-14/h6-10,15H,11-13H2,1-5H3/t15?,19-/m1/s1. The monoisotopic (exact) mass is 366 g/mol. The van der Waals surface area contributed by atoms with Gasteiger partial charge in [0, 0.05) is 7.05 Å². The molecule has 0 aromatic heterocycles. The summed E-state index contributed by atoms with van der Waals surface area (Å²) in [7, 11) is 1.49. The number of likely N-dealkylation sites (N-methyl/N-ethyl adjacent to an activating group) is 1. The summed E-state index contributed by atoms with van der Waals surface area (Å²) >= 11 is 0. The first kappa shape index (κ1) is 20.0. The fourth-order valence-corrected chi connectivity index (χ4v) is 2.74. The Morgan fingerprint density at radius 3 is 2.50 bits per heavy atom. The summed E-state index contributed by atoms with van der Waals surface area (Å²) in [6.45, 7) is 6.87. The zero-order chi connectivity index (χ0) is 19.5. The minimum Gasteiger partial charge on any atom is -0.445 e. The molecule has 1 unspecified atom stereocenters. The number of rotatable bonds is 3. The third-order valence-electron chi connectivity index (χ3n) is 4.46. The van der Waals surface area contributed by atoms with Crippen LogP contribution < -0.4 is 0 Å². The highest BCUT2D eigenvalue weighted by Gasteiger charge is 2.51. The first-order chi connectivity index (χ1) is 12.0. The van der Waals surface area contributed by atoms with Crippen LogP contribution in [0.3, 0.4) is 0 Å². The molecule has 1 aliphatic rings. The molecule has 6 nitrogen and oxygen atoms in total. The van der Waals surface area contributed by atoms with Gasteiger partial charge in [-0.2, -0.15) is 0 Å². The van der Waals surface area contributed by atoms with E-state index in [2.05, 4.69) is 0 Å². The van der Waals surface area contributed by atoms with Crippen molar-refractivity contribution < 1.29 is 23.5 Å². The number of hydrogen-bond donors (Lipinski definition) is 0. The van der Waals surface area contributed by atoms with Crippen LogP contribution in [0.25, 0.3) is 0 Å². The molecule has 2 amide bonds. The van der Waals surface area contributed by atoms with E-state index in [9.17, 15) is 14.0 Å². The Morgan fingerprint density at radius 1 is 1.31 bits per heavy atom. The zero-order valence-electron chi connectivity index (χ0n) is 16.0. The molecule has 0 bridgehead atoms. The van der Waals surface area contributed by atoms with Gasteiger partial charge in [-0.15, -0.1) is 0 Å². The average molecular weight is 366 g/mol. The van der Waals surface area contributed by atoms with Gasteiger partial charge in [0.1, 0.15) is 18.4 Å². The summed E-state index contributed by atoms with van der Waals surface area (Å²) in [5, 5.41) is 0. The maximum Gasteiger partial charge on any atom is 0.410 e. The maximum absolute atomic E-state index is 14.7. The number of benzene rings is 1. The van der Waals surface area contributed by atoms with Gasteiger partial charge in [0.05, 0.1) is 18.6 Å². The van der Waals surface area contributed by atoms with E-state index in [0.717, 1.165) is 5.56 Å². The molecular weight excluding hydrogens is 339 g/mol. The predicted molar refractivity (Wildman–Crippen MR) is 95.5 cm³/mol. The molecular formula is C19H27FN2O4. The highest BCUT2D eigenvalue weighted by molar-refractivity contribution is 5.71. The van der Waals surface area contributed by atoms with Crippen molar-refractivity contribution >= 4 is 12.2 Å². The van der Waals surface area contributed by atoms with Crippen LogP contribution >= 0.6 is 0 Å². The van der Waals surface area contributed by atoms with Crippen LogP contribution in [0.1, 0.15) is 33.3 Å². The Bertz CT molecular complexity index is 647. The highest BCUT2D eigenvalue weighted by Crippen LogP contribution is 2.31. The molecule has 26 heavy (non-hydrogen) atoms. The number of likely N-dealkylation sites (tertiary alicyclic amines) is 1. The lowest BCUT2D eigenvalue weighted by Crippen LogP contribution is -2.55. The van der Waals surface area contributed by atoms with Crippen molar-refractivity contribution in [1.82, 2.24) is 9.80 Å². The molecule has 2 atom stereocenters. The Labute approximate surface area is 153 Å². The lowest BCUT2D eigenvalue weighted by Gasteiger charge is -2.37. The van der Waals surface area contributed by atoms with Gasteiger partial charge in [-0.25, -0.2) is 14.0 Å². The van der Waals surface area contributed by atoms with E-state index in [0.29, 0.717) is 0 Å². The van der Waals surface area contributed by atoms with Crippen LogP contribution in [0.5, 0.6) is 0 Å². The fraction of sp³-hybridized carbons (Fsp3) is 0.579. The summed E-state index contributed by atoms with van der Waals surface area (Å²) < 4.78 is 25.3. The van der Waals surface area contributed by atoms with Gasteiger partial charge >= 0.3 is 12.2 Å². The predicted octanol–water partition coefficient (Wildman–Crippen LogP) is 3.60. The smallest absolute Gasteiger partial charge is 0.410 e. The lowest BCUT2D eigenvalue weighted by molar-refractivity contribution is -0.00145. The van der Waals surface area contributed by atoms with Crippen LogP contribution in [0.15, 0.2) is 30.3 Å². The fourth-order valence-electron chi connectivity index (χ4n) is 2.74. The minimum absolute atomic E-state index is 0.0392. The molecule has 1 aromatic rings. The van der Waals surface area contributed by atoms with Gasteiger partial charge in [-0.3, -0.25) is 0 Å². The van der Waals surface area contributed by atoms with Crippen molar-refractivity contribution in [3.63, 3.8) is 0 Å². The molecule has 0 N–H and O–H groups in total. The number of ether oxygens (including phenoxy) is 2. The number of amides is 2. The summed E-state index contributed by atoms with van der Waals surface area (Å²) in [6.07, 6.45) is -2.62. The molecule has 1 fully saturated rings. The average Bonchev–Trinajstić information content (AvgIpc) is 2.88. The van der Waals surface area contributed by atoms with Crippen LogP contribution in [0, 0.1) is 0 Å². The van der Waals surface area contributed by atoms with E-state index in [1.54, 1.807) is 27.7 Å². The van der Waals surface area contributed by atoms with Crippen LogP contribution in [0.2, 0.25) is 0 Å². The molecule has 144 valence electrons. The molecule has 1 saturated heterocycles. The van der Waals surface area contributed by atoms with Crippen LogP contribution in [-0.2, 0) is 16.1 Å². The van der Waals surface area contributed by atoms with Gasteiger partial charge in [0.15, 0.2) is 0 Å². The van der Waals surface area contributed by atoms with E-state index in [-0.39, 0.29) is 19.7 Å². The summed E-state index contributed by atoms with van der Waals surface area (Å²) in [5.41, 5.74) is -1.00. The second kappa shape index (κ2) is 7.51. The molecule has 0 radical (unpaired) electrons. The molecule has 1 heterocycles. The number of halogens is 1. The second-order valence-electron chi connectivity index (χ2n) is 7.78. The van der Waals surface area contributed by atoms with Crippen molar-refractivity contribution in [3.8, 4) is 0 Å². The normalized spacial score (nSPS) is 22.8. The highest BCUT2D eigenvalue weighted by atomic mass is 19.1. The maximum atomic E-state index is 14.7. The number of nitrogens with zero attached hydrogens (tertiary/aromatic N) is 2. The Hall–Kier alpha value is -2.31. The largest absolute Gasteiger partial charge is 0.445 e. The Morgan fingerprint density at radius 2 is 1.92 bits per heavy atom. The van der Waals surface area contributed by atoms with Crippen molar-refractivity contribution in [1.29, 1.82) is 0 Å². The molecule has 0 saturated carbocycles. The van der Waals surface area contributed by atoms with Crippen LogP contribution in [-0.4, -0.2) is 59.4 Å². The molecule has 0 aliphatic carbocycles. The topological polar surface area (TPSA) is 59.1 Å². The van der Waals surface area contributed by atoms with E-state index in [1.165, 1.54) is 16.8 Å². The molecule has 1 aliphatic heterocycles. The van der Waals surface area contributed by atoms with E-state index >= 15 is 0 Å². The van der Waals surface area contributed by atoms with Gasteiger partial charge in [-0.05, 0) is 33.3 Å². The third kappa shape index (κ3) is 4.65. The van der Waals surface area contributed by atoms with Crippen molar-refractivity contribution in [2.75, 3.05) is 20.1 Å². The summed E-state index contributed by atoms with van der Waals surface area (Å²) in [6, 6.07) is 9.26. The number of hydrogen-bond acceptors (Lipinski definition) is 4. The lowest BCUT2D eigenvalue weighted by atomic mass is 9.98. The van der Waals surface area contributed by atoms with E-state index in [4.69, 9.17) is 9.47 Å². The number of carbonyl (C=O) groups excluding carboxylic acids is 2. The minimum atomic E-state index is -1.40. The van der Waals surface area contributed by atoms with Gasteiger partial charge < -0.3 is 19.3 Å². The summed E-state index contributed by atoms with van der Waals surface area (Å²) in [5.74, 6) is 0. The van der Waals surface area contributed by atoms with Crippen LogP contribution in [0.4, 0.5) is 14.0 Å². The van der Waals surface area contributed by atoms with Crippen molar-refractivity contribution in [2.24, 2.45) is 0 Å². The third-order valence-corrected chi connectivity index (χ3v) is 4.46. The number of carbonyl (C=O) groups is 2. The molecule has 7 heteroatoms. The zero-order valence-corrected chi connectivity index (χ0v) is 16.0. The van der Waals surface area contributed by atoms with Gasteiger partial charge in [0.25, 0.3) is 0 Å². The number of alkyl halides is 1. The van der Waals surface area contributed by atoms with E-state index in [1.807, 2.05) is 30.3 Å². The SMILES string of the molecule is CN(C(=O)OC(C)(C)C)[C@]1(C)CN(C(=O)OCc2ccccc2)CC1F. The van der Waals surface area contributed by atoms with Crippen molar-refractivity contribution in [2.45, 2.75) is 51.6 Å². The van der Waals surface area contributed by atoms with Crippen molar-refractivity contribution in [3.05, 3.63) is 35.9 Å². The Balaban J connectivity index is 1.98. The summed E-state index contributed by atoms with van der Waals surface area (Å²) in [4.78, 5) is 27.1. The second-order valence-corrected chi connectivity index (χ2v) is 7.78. The first-order valence-corrected chi connectivity index (χ1v) is 8.59. The molecule has 0 spiro atoms. The molecule has 1 aromatic carbocycles. The molecule has 2 rings (SSSR count). The van der Waals surface area contributed by atoms with Gasteiger partial charge in [0.2, 0.25) is 0 Å². The van der Waals surface area contributed by atoms with Gasteiger partial charge in [-0.1, -0.05) is 30.3 Å². The Kier molecular flexibility index (Phi) is 5.78. The quantitative estimate of drug-likeness (QED) is 0.820. The first-order valence-electron chi connectivity index (χ1n) is 8.59. The van der Waals surface area contributed by atoms with E-state index < -0.39 is 29.5 Å².